The highest BCUT2D eigenvalue weighted by molar-refractivity contribution is 6.13. The third-order valence-electron chi connectivity index (χ3n) is 5.43. The number of nitrogens with one attached hydrogen (secondary N) is 1. The summed E-state index contributed by atoms with van der Waals surface area (Å²) in [5.41, 5.74) is 1.39. The predicted octanol–water partition coefficient (Wildman–Crippen LogP) is 2.29. The van der Waals surface area contributed by atoms with Gasteiger partial charge in [-0.1, -0.05) is 12.1 Å². The Bertz CT molecular complexity index is 984. The van der Waals surface area contributed by atoms with Crippen LogP contribution in [0.3, 0.4) is 0 Å². The van der Waals surface area contributed by atoms with E-state index in [4.69, 9.17) is 9.47 Å². The molecule has 8 heteroatoms. The Kier molecular flexibility index (Phi) is 5.31. The maximum Gasteiger partial charge on any atom is 0.256 e. The molecule has 0 aliphatic carbocycles. The van der Waals surface area contributed by atoms with E-state index in [0.29, 0.717) is 41.4 Å². The second-order valence-corrected chi connectivity index (χ2v) is 7.25. The molecule has 2 aliphatic rings. The summed E-state index contributed by atoms with van der Waals surface area (Å²) in [5.74, 6) is 0.291. The fourth-order valence-corrected chi connectivity index (χ4v) is 4.00. The normalized spacial score (nSPS) is 17.9. The van der Waals surface area contributed by atoms with Crippen LogP contribution in [0, 0.1) is 0 Å². The van der Waals surface area contributed by atoms with Gasteiger partial charge in [0.1, 0.15) is 24.1 Å². The SMILES string of the molecule is COc1cc(NC(=O)CN2C(=O)[C@H]3CCCN3C(=O)c3ccccc32)cc(OC)c1. The summed E-state index contributed by atoms with van der Waals surface area (Å²) in [6.07, 6.45) is 1.37. The minimum atomic E-state index is -0.533. The third kappa shape index (κ3) is 3.56. The Balaban J connectivity index is 1.61. The van der Waals surface area contributed by atoms with Gasteiger partial charge in [-0.15, -0.1) is 0 Å². The highest BCUT2D eigenvalue weighted by Crippen LogP contribution is 2.32. The summed E-state index contributed by atoms with van der Waals surface area (Å²) in [6, 6.07) is 11.4. The lowest BCUT2D eigenvalue weighted by Gasteiger charge is -2.25. The maximum atomic E-state index is 13.2. The maximum absolute atomic E-state index is 13.2. The number of hydrogen-bond acceptors (Lipinski definition) is 5. The smallest absolute Gasteiger partial charge is 0.256 e. The van der Waals surface area contributed by atoms with E-state index in [2.05, 4.69) is 5.32 Å². The first-order valence-corrected chi connectivity index (χ1v) is 9.76. The van der Waals surface area contributed by atoms with Crippen molar-refractivity contribution in [3.63, 3.8) is 0 Å². The van der Waals surface area contributed by atoms with Crippen LogP contribution in [0.5, 0.6) is 11.5 Å². The standard InChI is InChI=1S/C22H23N3O5/c1-29-15-10-14(11-16(12-15)30-2)23-20(26)13-25-18-7-4-3-6-17(18)21(27)24-9-5-8-19(24)22(25)28/h3-4,6-7,10-12,19H,5,8-9,13H2,1-2H3,(H,23,26)/t19-/m1/s1. The third-order valence-corrected chi connectivity index (χ3v) is 5.43. The number of benzene rings is 2. The second-order valence-electron chi connectivity index (χ2n) is 7.25. The summed E-state index contributed by atoms with van der Waals surface area (Å²) >= 11 is 0. The van der Waals surface area contributed by atoms with Crippen molar-refractivity contribution in [1.29, 1.82) is 0 Å². The van der Waals surface area contributed by atoms with Crippen molar-refractivity contribution in [3.8, 4) is 11.5 Å². The average Bonchev–Trinajstić information content (AvgIpc) is 3.23. The summed E-state index contributed by atoms with van der Waals surface area (Å²) in [5, 5.41) is 2.79. The zero-order chi connectivity index (χ0) is 21.3. The molecule has 2 heterocycles. The minimum Gasteiger partial charge on any atom is -0.497 e. The van der Waals surface area contributed by atoms with Crippen molar-refractivity contribution in [2.24, 2.45) is 0 Å². The molecule has 1 N–H and O–H groups in total. The zero-order valence-electron chi connectivity index (χ0n) is 16.9. The van der Waals surface area contributed by atoms with Gasteiger partial charge < -0.3 is 24.6 Å². The quantitative estimate of drug-likeness (QED) is 0.819. The van der Waals surface area contributed by atoms with Crippen molar-refractivity contribution in [2.45, 2.75) is 18.9 Å². The van der Waals surface area contributed by atoms with E-state index in [0.717, 1.165) is 6.42 Å². The molecule has 0 saturated carbocycles. The Hall–Kier alpha value is -3.55. The van der Waals surface area contributed by atoms with Gasteiger partial charge in [-0.2, -0.15) is 0 Å². The molecule has 1 atom stereocenters. The van der Waals surface area contributed by atoms with Gasteiger partial charge in [0.05, 0.1) is 25.5 Å². The fourth-order valence-electron chi connectivity index (χ4n) is 4.00. The number of hydrogen-bond donors (Lipinski definition) is 1. The molecule has 156 valence electrons. The van der Waals surface area contributed by atoms with Crippen LogP contribution in [-0.2, 0) is 9.59 Å². The molecule has 2 aromatic carbocycles. The zero-order valence-corrected chi connectivity index (χ0v) is 16.9. The Morgan fingerprint density at radius 3 is 2.50 bits per heavy atom. The van der Waals surface area contributed by atoms with Crippen LogP contribution in [0.4, 0.5) is 11.4 Å². The van der Waals surface area contributed by atoms with Crippen molar-refractivity contribution < 1.29 is 23.9 Å². The number of ether oxygens (including phenoxy) is 2. The second kappa shape index (κ2) is 8.06. The number of nitrogens with zero attached hydrogens (tertiary/aromatic N) is 2. The van der Waals surface area contributed by atoms with Crippen LogP contribution < -0.4 is 19.7 Å². The average molecular weight is 409 g/mol. The molecule has 0 radical (unpaired) electrons. The molecule has 2 aromatic rings. The highest BCUT2D eigenvalue weighted by atomic mass is 16.5. The van der Waals surface area contributed by atoms with Crippen LogP contribution in [0.25, 0.3) is 0 Å². The number of anilines is 2. The lowest BCUT2D eigenvalue weighted by atomic mass is 10.1. The van der Waals surface area contributed by atoms with E-state index >= 15 is 0 Å². The Labute approximate surface area is 174 Å². The molecule has 3 amide bonds. The lowest BCUT2D eigenvalue weighted by Crippen LogP contribution is -2.47. The van der Waals surface area contributed by atoms with Gasteiger partial charge in [-0.25, -0.2) is 0 Å². The minimum absolute atomic E-state index is 0.165. The first kappa shape index (κ1) is 19.8. The van der Waals surface area contributed by atoms with Gasteiger partial charge in [0.2, 0.25) is 11.8 Å². The number of fused-ring (bicyclic) bond motifs is 2. The van der Waals surface area contributed by atoms with Crippen LogP contribution in [0.2, 0.25) is 0 Å². The van der Waals surface area contributed by atoms with E-state index in [9.17, 15) is 14.4 Å². The topological polar surface area (TPSA) is 88.2 Å². The summed E-state index contributed by atoms with van der Waals surface area (Å²) in [6.45, 7) is 0.347. The number of rotatable bonds is 5. The predicted molar refractivity (Wildman–Crippen MR) is 111 cm³/mol. The van der Waals surface area contributed by atoms with E-state index in [1.807, 2.05) is 0 Å². The number of methoxy groups -OCH3 is 2. The number of carbonyl (C=O) groups excluding carboxylic acids is 3. The van der Waals surface area contributed by atoms with Gasteiger partial charge >= 0.3 is 0 Å². The lowest BCUT2D eigenvalue weighted by molar-refractivity contribution is -0.124. The molecule has 8 nitrogen and oxygen atoms in total. The molecule has 0 aromatic heterocycles. The number of carbonyl (C=O) groups is 3. The van der Waals surface area contributed by atoms with E-state index in [1.54, 1.807) is 47.4 Å². The largest absolute Gasteiger partial charge is 0.497 e. The highest BCUT2D eigenvalue weighted by Gasteiger charge is 2.42. The molecular formula is C22H23N3O5. The van der Waals surface area contributed by atoms with Crippen LogP contribution in [0.1, 0.15) is 23.2 Å². The molecule has 0 bridgehead atoms. The summed E-state index contributed by atoms with van der Waals surface area (Å²) in [4.78, 5) is 42.0. The van der Waals surface area contributed by atoms with Gasteiger partial charge in [0, 0.05) is 30.4 Å². The van der Waals surface area contributed by atoms with Crippen molar-refractivity contribution in [1.82, 2.24) is 4.90 Å². The first-order chi connectivity index (χ1) is 14.5. The van der Waals surface area contributed by atoms with Gasteiger partial charge in [-0.05, 0) is 25.0 Å². The molecule has 1 saturated heterocycles. The monoisotopic (exact) mass is 409 g/mol. The number of para-hydroxylation sites is 1. The molecule has 30 heavy (non-hydrogen) atoms. The Morgan fingerprint density at radius 2 is 1.80 bits per heavy atom. The van der Waals surface area contributed by atoms with Crippen molar-refractivity contribution in [3.05, 3.63) is 48.0 Å². The van der Waals surface area contributed by atoms with Gasteiger partial charge in [0.15, 0.2) is 0 Å². The van der Waals surface area contributed by atoms with Crippen LogP contribution in [-0.4, -0.2) is 56.0 Å². The molecule has 1 fully saturated rings. The van der Waals surface area contributed by atoms with Gasteiger partial charge in [0.25, 0.3) is 5.91 Å². The molecule has 2 aliphatic heterocycles. The molecule has 0 unspecified atom stereocenters. The number of amides is 3. The van der Waals surface area contributed by atoms with Crippen molar-refractivity contribution in [2.75, 3.05) is 37.5 Å². The van der Waals surface area contributed by atoms with Crippen LogP contribution >= 0.6 is 0 Å². The van der Waals surface area contributed by atoms with Crippen molar-refractivity contribution >= 4 is 29.1 Å². The van der Waals surface area contributed by atoms with E-state index < -0.39 is 6.04 Å². The Morgan fingerprint density at radius 1 is 1.10 bits per heavy atom. The van der Waals surface area contributed by atoms with Crippen LogP contribution in [0.15, 0.2) is 42.5 Å². The molecule has 0 spiro atoms. The summed E-state index contributed by atoms with van der Waals surface area (Å²) in [7, 11) is 3.05. The van der Waals surface area contributed by atoms with E-state index in [-0.39, 0.29) is 24.3 Å². The molecule has 4 rings (SSSR count). The van der Waals surface area contributed by atoms with E-state index in [1.165, 1.54) is 19.1 Å². The molecular weight excluding hydrogens is 386 g/mol. The summed E-state index contributed by atoms with van der Waals surface area (Å²) < 4.78 is 10.5. The first-order valence-electron chi connectivity index (χ1n) is 9.76. The fraction of sp³-hybridized carbons (Fsp3) is 0.318. The van der Waals surface area contributed by atoms with Gasteiger partial charge in [-0.3, -0.25) is 14.4 Å².